The fraction of sp³-hybridized carbons (Fsp3) is 0.400. The third-order valence-corrected chi connectivity index (χ3v) is 3.34. The molecule has 2 aromatic rings. The molecule has 0 aliphatic heterocycles. The van der Waals surface area contributed by atoms with Gasteiger partial charge in [0.15, 0.2) is 6.39 Å². The van der Waals surface area contributed by atoms with E-state index in [4.69, 9.17) is 4.42 Å². The smallest absolute Gasteiger partial charge is 0.181 e. The largest absolute Gasteiger partial charge is 0.448 e. The molecule has 1 heterocycles. The maximum atomic E-state index is 5.49. The van der Waals surface area contributed by atoms with Crippen molar-refractivity contribution < 1.29 is 4.42 Å². The van der Waals surface area contributed by atoms with Crippen molar-refractivity contribution in [3.05, 3.63) is 53.7 Å². The molecule has 0 spiro atoms. The highest BCUT2D eigenvalue weighted by molar-refractivity contribution is 5.17. The topological polar surface area (TPSA) is 38.1 Å². The summed E-state index contributed by atoms with van der Waals surface area (Å²) in [6.45, 7) is 0.839. The maximum Gasteiger partial charge on any atom is 0.181 e. The van der Waals surface area contributed by atoms with Gasteiger partial charge in [-0.2, -0.15) is 0 Å². The molecule has 1 saturated carbocycles. The first kappa shape index (κ1) is 11.5. The second-order valence-electron chi connectivity index (χ2n) is 4.86. The van der Waals surface area contributed by atoms with Crippen LogP contribution in [0.4, 0.5) is 0 Å². The Kier molecular flexibility index (Phi) is 3.42. The van der Waals surface area contributed by atoms with Gasteiger partial charge in [-0.1, -0.05) is 30.3 Å². The first-order valence-corrected chi connectivity index (χ1v) is 6.60. The van der Waals surface area contributed by atoms with Gasteiger partial charge >= 0.3 is 0 Å². The normalized spacial score (nSPS) is 14.9. The summed E-state index contributed by atoms with van der Waals surface area (Å²) in [5.74, 6) is 1.02. The molecule has 0 atom stereocenters. The van der Waals surface area contributed by atoms with Crippen LogP contribution in [-0.4, -0.2) is 11.0 Å². The standard InChI is InChI=1S/C15H18N2O/c1-2-4-12(5-3-1)6-9-15-14(17-11-18-15)10-16-13-7-8-13/h1-5,11,13,16H,6-10H2. The summed E-state index contributed by atoms with van der Waals surface area (Å²) < 4.78 is 5.49. The van der Waals surface area contributed by atoms with E-state index in [2.05, 4.69) is 34.6 Å². The van der Waals surface area contributed by atoms with E-state index in [-0.39, 0.29) is 0 Å². The Morgan fingerprint density at radius 3 is 2.78 bits per heavy atom. The Labute approximate surface area is 107 Å². The molecule has 0 bridgehead atoms. The minimum Gasteiger partial charge on any atom is -0.448 e. The molecular weight excluding hydrogens is 224 g/mol. The van der Waals surface area contributed by atoms with Crippen molar-refractivity contribution in [2.24, 2.45) is 0 Å². The van der Waals surface area contributed by atoms with Gasteiger partial charge in [0.2, 0.25) is 0 Å². The third-order valence-electron chi connectivity index (χ3n) is 3.34. The molecule has 3 rings (SSSR count). The van der Waals surface area contributed by atoms with Gasteiger partial charge in [0, 0.05) is 19.0 Å². The van der Waals surface area contributed by atoms with Crippen molar-refractivity contribution in [2.45, 2.75) is 38.3 Å². The lowest BCUT2D eigenvalue weighted by Gasteiger charge is -2.03. The van der Waals surface area contributed by atoms with Crippen LogP contribution in [0.15, 0.2) is 41.1 Å². The summed E-state index contributed by atoms with van der Waals surface area (Å²) in [4.78, 5) is 4.30. The zero-order chi connectivity index (χ0) is 12.2. The van der Waals surface area contributed by atoms with Crippen molar-refractivity contribution in [1.29, 1.82) is 0 Å². The van der Waals surface area contributed by atoms with Gasteiger partial charge in [0.05, 0.1) is 5.69 Å². The number of rotatable bonds is 6. The van der Waals surface area contributed by atoms with Crippen molar-refractivity contribution in [1.82, 2.24) is 10.3 Å². The van der Waals surface area contributed by atoms with E-state index in [0.717, 1.165) is 30.8 Å². The van der Waals surface area contributed by atoms with Gasteiger partial charge in [0.25, 0.3) is 0 Å². The van der Waals surface area contributed by atoms with Crippen molar-refractivity contribution in [3.8, 4) is 0 Å². The number of hydrogen-bond acceptors (Lipinski definition) is 3. The molecule has 1 aromatic carbocycles. The average molecular weight is 242 g/mol. The Morgan fingerprint density at radius 2 is 2.00 bits per heavy atom. The van der Waals surface area contributed by atoms with Gasteiger partial charge in [-0.05, 0) is 24.8 Å². The number of nitrogens with one attached hydrogen (secondary N) is 1. The summed E-state index contributed by atoms with van der Waals surface area (Å²) in [6.07, 6.45) is 6.09. The maximum absolute atomic E-state index is 5.49. The fourth-order valence-electron chi connectivity index (χ4n) is 2.07. The van der Waals surface area contributed by atoms with Crippen molar-refractivity contribution in [3.63, 3.8) is 0 Å². The first-order valence-electron chi connectivity index (χ1n) is 6.60. The van der Waals surface area contributed by atoms with E-state index < -0.39 is 0 Å². The van der Waals surface area contributed by atoms with Crippen LogP contribution in [-0.2, 0) is 19.4 Å². The lowest BCUT2D eigenvalue weighted by molar-refractivity contribution is 0.497. The van der Waals surface area contributed by atoms with E-state index in [1.54, 1.807) is 6.39 Å². The van der Waals surface area contributed by atoms with E-state index in [0.29, 0.717) is 6.04 Å². The Bertz CT molecular complexity index is 488. The Balaban J connectivity index is 1.56. The minimum atomic E-state index is 0.712. The van der Waals surface area contributed by atoms with Crippen LogP contribution in [0.2, 0.25) is 0 Å². The van der Waals surface area contributed by atoms with Crippen LogP contribution in [0.3, 0.4) is 0 Å². The average Bonchev–Trinajstić information content (AvgIpc) is 3.14. The molecule has 18 heavy (non-hydrogen) atoms. The lowest BCUT2D eigenvalue weighted by atomic mass is 10.1. The number of nitrogens with zero attached hydrogens (tertiary/aromatic N) is 1. The van der Waals surface area contributed by atoms with Gasteiger partial charge in [-0.3, -0.25) is 0 Å². The molecular formula is C15H18N2O. The molecule has 3 nitrogen and oxygen atoms in total. The number of hydrogen-bond donors (Lipinski definition) is 1. The zero-order valence-electron chi connectivity index (χ0n) is 10.4. The van der Waals surface area contributed by atoms with Crippen LogP contribution in [0.1, 0.15) is 29.9 Å². The number of benzene rings is 1. The highest BCUT2D eigenvalue weighted by Crippen LogP contribution is 2.20. The van der Waals surface area contributed by atoms with Gasteiger partial charge in [-0.25, -0.2) is 4.98 Å². The molecule has 0 saturated heterocycles. The van der Waals surface area contributed by atoms with Crippen molar-refractivity contribution in [2.75, 3.05) is 0 Å². The summed E-state index contributed by atoms with van der Waals surface area (Å²) in [6, 6.07) is 11.2. The first-order chi connectivity index (χ1) is 8.92. The van der Waals surface area contributed by atoms with Gasteiger partial charge in [-0.15, -0.1) is 0 Å². The fourth-order valence-corrected chi connectivity index (χ4v) is 2.07. The highest BCUT2D eigenvalue weighted by Gasteiger charge is 2.21. The van der Waals surface area contributed by atoms with Gasteiger partial charge < -0.3 is 9.73 Å². The highest BCUT2D eigenvalue weighted by atomic mass is 16.3. The van der Waals surface area contributed by atoms with E-state index in [1.807, 2.05) is 6.07 Å². The molecule has 1 aromatic heterocycles. The molecule has 1 fully saturated rings. The predicted octanol–water partition coefficient (Wildman–Crippen LogP) is 2.71. The van der Waals surface area contributed by atoms with Crippen LogP contribution in [0.5, 0.6) is 0 Å². The van der Waals surface area contributed by atoms with Gasteiger partial charge in [0.1, 0.15) is 5.76 Å². The number of oxazole rings is 1. The summed E-state index contributed by atoms with van der Waals surface area (Å²) in [5.41, 5.74) is 2.41. The van der Waals surface area contributed by atoms with E-state index >= 15 is 0 Å². The summed E-state index contributed by atoms with van der Waals surface area (Å²) in [5, 5.41) is 3.48. The summed E-state index contributed by atoms with van der Waals surface area (Å²) >= 11 is 0. The Hall–Kier alpha value is -1.61. The summed E-state index contributed by atoms with van der Waals surface area (Å²) in [7, 11) is 0. The van der Waals surface area contributed by atoms with Crippen LogP contribution < -0.4 is 5.32 Å². The zero-order valence-corrected chi connectivity index (χ0v) is 10.4. The SMILES string of the molecule is c1ccc(CCc2ocnc2CNC2CC2)cc1. The van der Waals surface area contributed by atoms with Crippen LogP contribution >= 0.6 is 0 Å². The predicted molar refractivity (Wildman–Crippen MR) is 70.2 cm³/mol. The second kappa shape index (κ2) is 5.36. The molecule has 0 radical (unpaired) electrons. The second-order valence-corrected chi connectivity index (χ2v) is 4.86. The molecule has 0 unspecified atom stereocenters. The molecule has 3 heteroatoms. The monoisotopic (exact) mass is 242 g/mol. The molecule has 1 aliphatic rings. The molecule has 1 aliphatic carbocycles. The molecule has 94 valence electrons. The molecule has 0 amide bonds. The minimum absolute atomic E-state index is 0.712. The number of aromatic nitrogens is 1. The van der Waals surface area contributed by atoms with Crippen LogP contribution in [0, 0.1) is 0 Å². The van der Waals surface area contributed by atoms with E-state index in [9.17, 15) is 0 Å². The number of aryl methyl sites for hydroxylation is 2. The quantitative estimate of drug-likeness (QED) is 0.846. The third kappa shape index (κ3) is 2.99. The van der Waals surface area contributed by atoms with Crippen molar-refractivity contribution >= 4 is 0 Å². The Morgan fingerprint density at radius 1 is 1.17 bits per heavy atom. The van der Waals surface area contributed by atoms with Crippen LogP contribution in [0.25, 0.3) is 0 Å². The van der Waals surface area contributed by atoms with E-state index in [1.165, 1.54) is 18.4 Å². The lowest BCUT2D eigenvalue weighted by Crippen LogP contribution is -2.16. The molecule has 1 N–H and O–H groups in total.